The second-order valence-corrected chi connectivity index (χ2v) is 9.70. The molecule has 0 aromatic heterocycles. The van der Waals surface area contributed by atoms with Crippen LogP contribution in [-0.2, 0) is 4.57 Å². The molecule has 22 heavy (non-hydrogen) atoms. The summed E-state index contributed by atoms with van der Waals surface area (Å²) in [4.78, 5) is 10.4. The Morgan fingerprint density at radius 1 is 1.23 bits per heavy atom. The molecular weight excluding hydrogens is 348 g/mol. The zero-order valence-electron chi connectivity index (χ0n) is 13.7. The SMILES string of the molecule is CC1(C)CC(NP(=O)(O)N(CCCl)CCCl)CC(C)(C)N1[O-]. The van der Waals surface area contributed by atoms with Gasteiger partial charge >= 0.3 is 7.67 Å². The van der Waals surface area contributed by atoms with Crippen LogP contribution in [0, 0.1) is 5.21 Å². The maximum atomic E-state index is 12.6. The van der Waals surface area contributed by atoms with Crippen molar-refractivity contribution >= 4 is 30.9 Å². The van der Waals surface area contributed by atoms with Crippen molar-refractivity contribution in [2.24, 2.45) is 0 Å². The van der Waals surface area contributed by atoms with Crippen molar-refractivity contribution in [3.8, 4) is 0 Å². The number of nitrogens with zero attached hydrogens (tertiary/aromatic N) is 2. The third-order valence-electron chi connectivity index (χ3n) is 4.01. The van der Waals surface area contributed by atoms with Crippen LogP contribution in [0.1, 0.15) is 40.5 Å². The van der Waals surface area contributed by atoms with Crippen LogP contribution in [0.15, 0.2) is 0 Å². The second kappa shape index (κ2) is 7.66. The molecule has 0 amide bonds. The predicted octanol–water partition coefficient (Wildman–Crippen LogP) is 2.98. The molecule has 132 valence electrons. The van der Waals surface area contributed by atoms with Crippen LogP contribution in [0.4, 0.5) is 0 Å². The summed E-state index contributed by atoms with van der Waals surface area (Å²) in [5.74, 6) is 0.498. The highest BCUT2D eigenvalue weighted by Crippen LogP contribution is 2.45. The van der Waals surface area contributed by atoms with Gasteiger partial charge in [0.05, 0.1) is 0 Å². The number of alkyl halides is 2. The highest BCUT2D eigenvalue weighted by molar-refractivity contribution is 7.53. The van der Waals surface area contributed by atoms with E-state index in [0.29, 0.717) is 12.8 Å². The summed E-state index contributed by atoms with van der Waals surface area (Å²) in [6.07, 6.45) is 1.00. The zero-order valence-corrected chi connectivity index (χ0v) is 16.1. The van der Waals surface area contributed by atoms with Crippen molar-refractivity contribution in [3.63, 3.8) is 0 Å². The highest BCUT2D eigenvalue weighted by atomic mass is 35.5. The van der Waals surface area contributed by atoms with E-state index < -0.39 is 18.7 Å². The lowest BCUT2D eigenvalue weighted by Crippen LogP contribution is -2.61. The van der Waals surface area contributed by atoms with Crippen LogP contribution in [0.5, 0.6) is 0 Å². The van der Waals surface area contributed by atoms with Gasteiger partial charge in [-0.1, -0.05) is 0 Å². The van der Waals surface area contributed by atoms with Crippen LogP contribution in [0.25, 0.3) is 0 Å². The van der Waals surface area contributed by atoms with Gasteiger partial charge in [0.1, 0.15) is 0 Å². The summed E-state index contributed by atoms with van der Waals surface area (Å²) in [5, 5.41) is 16.3. The molecule has 0 spiro atoms. The molecule has 2 N–H and O–H groups in total. The van der Waals surface area contributed by atoms with Gasteiger partial charge in [-0.05, 0) is 40.5 Å². The monoisotopic (exact) mass is 374 g/mol. The molecule has 1 heterocycles. The summed E-state index contributed by atoms with van der Waals surface area (Å²) < 4.78 is 14.0. The standard InChI is InChI=1S/C13H27Cl2N3O3P/c1-12(2)9-11(10-13(3,4)18(12)19)16-22(20,21)17(7-5-14)8-6-15/h11H,5-10H2,1-4H3,(H2,16,20,21)/q-1. The van der Waals surface area contributed by atoms with Crippen LogP contribution in [0.2, 0.25) is 0 Å². The van der Waals surface area contributed by atoms with E-state index in [0.717, 1.165) is 5.06 Å². The number of halogens is 2. The Balaban J connectivity index is 2.86. The summed E-state index contributed by atoms with van der Waals surface area (Å²) >= 11 is 11.4. The Bertz CT molecular complexity index is 399. The number of hydroxylamine groups is 2. The van der Waals surface area contributed by atoms with Crippen LogP contribution in [0.3, 0.4) is 0 Å². The minimum atomic E-state index is -3.74. The molecule has 9 heteroatoms. The van der Waals surface area contributed by atoms with E-state index in [2.05, 4.69) is 5.09 Å². The molecule has 1 rings (SSSR count). The quantitative estimate of drug-likeness (QED) is 0.526. The molecule has 1 saturated heterocycles. The highest BCUT2D eigenvalue weighted by Gasteiger charge is 2.42. The van der Waals surface area contributed by atoms with Gasteiger partial charge in [-0.2, -0.15) is 0 Å². The lowest BCUT2D eigenvalue weighted by molar-refractivity contribution is 0.00512. The molecule has 0 aliphatic carbocycles. The first-order valence-corrected chi connectivity index (χ1v) is 10.1. The average molecular weight is 375 g/mol. The molecule has 6 nitrogen and oxygen atoms in total. The summed E-state index contributed by atoms with van der Waals surface area (Å²) in [5.41, 5.74) is -1.19. The first-order chi connectivity index (χ1) is 9.96. The minimum absolute atomic E-state index is 0.223. The van der Waals surface area contributed by atoms with Crippen molar-refractivity contribution in [3.05, 3.63) is 5.21 Å². The largest absolute Gasteiger partial charge is 0.784 e. The molecular formula is C13H27Cl2N3O3P-. The first-order valence-electron chi connectivity index (χ1n) is 7.42. The molecule has 0 bridgehead atoms. The van der Waals surface area contributed by atoms with E-state index in [4.69, 9.17) is 23.2 Å². The molecule has 1 unspecified atom stereocenters. The third-order valence-corrected chi connectivity index (χ3v) is 6.22. The molecule has 1 atom stereocenters. The van der Waals surface area contributed by atoms with Gasteiger partial charge in [0.15, 0.2) is 0 Å². The fourth-order valence-electron chi connectivity index (χ4n) is 3.25. The topological polar surface area (TPSA) is 78.9 Å². The summed E-state index contributed by atoms with van der Waals surface area (Å²) in [7, 11) is -3.74. The van der Waals surface area contributed by atoms with E-state index in [1.54, 1.807) is 0 Å². The predicted molar refractivity (Wildman–Crippen MR) is 92.4 cm³/mol. The number of hydrogen-bond acceptors (Lipinski definition) is 3. The smallest absolute Gasteiger partial charge is 0.341 e. The lowest BCUT2D eigenvalue weighted by Gasteiger charge is -2.60. The third kappa shape index (κ3) is 5.05. The maximum absolute atomic E-state index is 12.6. The normalized spacial score (nSPS) is 25.3. The maximum Gasteiger partial charge on any atom is 0.341 e. The van der Waals surface area contributed by atoms with Gasteiger partial charge in [0.25, 0.3) is 0 Å². The first kappa shape index (κ1) is 20.7. The summed E-state index contributed by atoms with van der Waals surface area (Å²) in [6.45, 7) is 7.98. The van der Waals surface area contributed by atoms with Crippen molar-refractivity contribution in [1.82, 2.24) is 14.8 Å². The van der Waals surface area contributed by atoms with E-state index in [1.807, 2.05) is 27.7 Å². The number of nitrogens with one attached hydrogen (secondary N) is 1. The van der Waals surface area contributed by atoms with Crippen LogP contribution >= 0.6 is 30.9 Å². The molecule has 1 aliphatic rings. The Kier molecular flexibility index (Phi) is 7.19. The molecule has 0 aromatic carbocycles. The molecule has 1 aliphatic heterocycles. The van der Waals surface area contributed by atoms with Crippen LogP contribution < -0.4 is 5.09 Å². The zero-order chi connectivity index (χ0) is 17.2. The fourth-order valence-corrected chi connectivity index (χ4v) is 5.46. The van der Waals surface area contributed by atoms with E-state index in [-0.39, 0.29) is 30.9 Å². The van der Waals surface area contributed by atoms with Crippen LogP contribution in [-0.4, -0.2) is 56.6 Å². The number of piperidine rings is 1. The molecule has 0 aromatic rings. The van der Waals surface area contributed by atoms with E-state index in [9.17, 15) is 14.7 Å². The Hall–Kier alpha value is 0.610. The fraction of sp³-hybridized carbons (Fsp3) is 1.00. The van der Waals surface area contributed by atoms with E-state index in [1.165, 1.54) is 4.67 Å². The van der Waals surface area contributed by atoms with Gasteiger partial charge in [-0.15, -0.1) is 23.2 Å². The Morgan fingerprint density at radius 2 is 1.64 bits per heavy atom. The van der Waals surface area contributed by atoms with Gasteiger partial charge in [-0.3, -0.25) is 4.57 Å². The lowest BCUT2D eigenvalue weighted by atomic mass is 9.79. The average Bonchev–Trinajstić information content (AvgIpc) is 2.34. The van der Waals surface area contributed by atoms with Crippen molar-refractivity contribution in [2.75, 3.05) is 24.8 Å². The minimum Gasteiger partial charge on any atom is -0.784 e. The van der Waals surface area contributed by atoms with Crippen molar-refractivity contribution in [2.45, 2.75) is 57.7 Å². The van der Waals surface area contributed by atoms with Crippen molar-refractivity contribution in [1.29, 1.82) is 0 Å². The Morgan fingerprint density at radius 3 is 2.00 bits per heavy atom. The van der Waals surface area contributed by atoms with Crippen molar-refractivity contribution < 1.29 is 9.46 Å². The van der Waals surface area contributed by atoms with Gasteiger partial charge in [-0.25, -0.2) is 9.76 Å². The number of rotatable bonds is 7. The molecule has 1 fully saturated rings. The molecule has 0 saturated carbocycles. The van der Waals surface area contributed by atoms with Gasteiger partial charge < -0.3 is 15.2 Å². The second-order valence-electron chi connectivity index (χ2n) is 7.03. The van der Waals surface area contributed by atoms with Gasteiger partial charge in [0, 0.05) is 42.0 Å². The van der Waals surface area contributed by atoms with E-state index >= 15 is 0 Å². The Labute approximate surface area is 143 Å². The summed E-state index contributed by atoms with van der Waals surface area (Å²) in [6, 6.07) is -0.223. The molecule has 0 radical (unpaired) electrons. The van der Waals surface area contributed by atoms with Gasteiger partial charge in [0.2, 0.25) is 0 Å². The number of hydrogen-bond donors (Lipinski definition) is 2.